The lowest BCUT2D eigenvalue weighted by Crippen LogP contribution is -2.57. The fraction of sp³-hybridized carbons (Fsp3) is 0.750. The van der Waals surface area contributed by atoms with Gasteiger partial charge in [-0.2, -0.15) is 24.4 Å². The van der Waals surface area contributed by atoms with Gasteiger partial charge in [0.25, 0.3) is 0 Å². The lowest BCUT2D eigenvalue weighted by atomic mass is 10.0. The van der Waals surface area contributed by atoms with E-state index in [1.165, 1.54) is 11.8 Å². The molecule has 12 nitrogen and oxygen atoms in total. The molecule has 4 atom stereocenters. The van der Waals surface area contributed by atoms with Gasteiger partial charge in [0.1, 0.15) is 18.1 Å². The molecule has 0 fully saturated rings. The van der Waals surface area contributed by atoms with Crippen LogP contribution < -0.4 is 33.2 Å². The molecule has 0 saturated heterocycles. The van der Waals surface area contributed by atoms with Crippen molar-refractivity contribution in [2.75, 3.05) is 24.3 Å². The number of rotatable bonds is 17. The Bertz CT molecular complexity index is 705. The molecule has 0 aliphatic carbocycles. The van der Waals surface area contributed by atoms with Crippen LogP contribution >= 0.6 is 24.4 Å². The molecule has 0 aromatic carbocycles. The minimum atomic E-state index is -1.17. The summed E-state index contributed by atoms with van der Waals surface area (Å²) in [6.45, 7) is 4.06. The maximum atomic E-state index is 12.8. The van der Waals surface area contributed by atoms with Crippen molar-refractivity contribution in [1.82, 2.24) is 16.0 Å². The van der Waals surface area contributed by atoms with Gasteiger partial charge in [0.2, 0.25) is 17.7 Å². The highest BCUT2D eigenvalue weighted by atomic mass is 32.2. The number of nitrogens with zero attached hydrogens (tertiary/aromatic N) is 1. The van der Waals surface area contributed by atoms with Gasteiger partial charge in [-0.3, -0.25) is 19.4 Å². The highest BCUT2D eigenvalue weighted by Gasteiger charge is 2.29. The molecule has 4 unspecified atom stereocenters. The Balaban J connectivity index is 5.36. The zero-order chi connectivity index (χ0) is 26.3. The molecule has 10 N–H and O–H groups in total. The zero-order valence-corrected chi connectivity index (χ0v) is 21.7. The van der Waals surface area contributed by atoms with Crippen LogP contribution in [0.4, 0.5) is 0 Å². The number of hydrogen-bond acceptors (Lipinski definition) is 8. The van der Waals surface area contributed by atoms with Crippen LogP contribution in [0.1, 0.15) is 39.5 Å². The summed E-state index contributed by atoms with van der Waals surface area (Å²) < 4.78 is 0. The van der Waals surface area contributed by atoms with E-state index in [2.05, 4.69) is 33.6 Å². The van der Waals surface area contributed by atoms with Crippen LogP contribution in [0.3, 0.4) is 0 Å². The fourth-order valence-electron chi connectivity index (χ4n) is 2.90. The molecule has 0 aliphatic rings. The molecule has 34 heavy (non-hydrogen) atoms. The summed E-state index contributed by atoms with van der Waals surface area (Å²) in [6.07, 6.45) is 2.97. The van der Waals surface area contributed by atoms with Crippen molar-refractivity contribution >= 4 is 54.0 Å². The number of nitrogens with two attached hydrogens (primary N) is 3. The van der Waals surface area contributed by atoms with Gasteiger partial charge >= 0.3 is 5.97 Å². The third kappa shape index (κ3) is 13.5. The number of guanidine groups is 1. The highest BCUT2D eigenvalue weighted by Crippen LogP contribution is 2.06. The molecule has 0 saturated carbocycles. The number of thiol groups is 1. The summed E-state index contributed by atoms with van der Waals surface area (Å²) in [5.41, 5.74) is 16.5. The van der Waals surface area contributed by atoms with Gasteiger partial charge in [-0.25, -0.2) is 4.79 Å². The molecular weight excluding hydrogens is 482 g/mol. The van der Waals surface area contributed by atoms with Crippen molar-refractivity contribution in [3.8, 4) is 0 Å². The van der Waals surface area contributed by atoms with E-state index in [4.69, 9.17) is 17.2 Å². The van der Waals surface area contributed by atoms with Crippen LogP contribution in [-0.2, 0) is 19.2 Å². The number of carbonyl (C=O) groups is 4. The van der Waals surface area contributed by atoms with Gasteiger partial charge in [0.15, 0.2) is 5.96 Å². The number of carbonyl (C=O) groups excluding carboxylic acids is 3. The first-order chi connectivity index (χ1) is 15.9. The van der Waals surface area contributed by atoms with Crippen molar-refractivity contribution in [3.05, 3.63) is 0 Å². The van der Waals surface area contributed by atoms with Crippen molar-refractivity contribution in [3.63, 3.8) is 0 Å². The third-order valence-corrected chi connectivity index (χ3v) is 5.69. The smallest absolute Gasteiger partial charge is 0.326 e. The van der Waals surface area contributed by atoms with Gasteiger partial charge in [-0.1, -0.05) is 13.8 Å². The number of amides is 3. The Morgan fingerprint density at radius 3 is 2.03 bits per heavy atom. The summed E-state index contributed by atoms with van der Waals surface area (Å²) in [4.78, 5) is 53.3. The van der Waals surface area contributed by atoms with E-state index < -0.39 is 47.9 Å². The number of aliphatic imine (C=N–C) groups is 1. The van der Waals surface area contributed by atoms with Gasteiger partial charge < -0.3 is 38.3 Å². The lowest BCUT2D eigenvalue weighted by Gasteiger charge is -2.24. The largest absolute Gasteiger partial charge is 0.480 e. The van der Waals surface area contributed by atoms with Gasteiger partial charge in [0.05, 0.1) is 6.04 Å². The van der Waals surface area contributed by atoms with E-state index in [9.17, 15) is 24.3 Å². The zero-order valence-electron chi connectivity index (χ0n) is 20.0. The monoisotopic (exact) mass is 521 g/mol. The van der Waals surface area contributed by atoms with Crippen molar-refractivity contribution in [2.24, 2.45) is 28.1 Å². The fourth-order valence-corrected chi connectivity index (χ4v) is 3.63. The van der Waals surface area contributed by atoms with Crippen LogP contribution in [0.5, 0.6) is 0 Å². The molecule has 0 aromatic heterocycles. The predicted octanol–water partition coefficient (Wildman–Crippen LogP) is -1.36. The van der Waals surface area contributed by atoms with Gasteiger partial charge in [-0.05, 0) is 43.6 Å². The summed E-state index contributed by atoms with van der Waals surface area (Å²) in [5.74, 6) is -2.39. The van der Waals surface area contributed by atoms with Crippen LogP contribution in [0.15, 0.2) is 4.99 Å². The number of carboxylic acids is 1. The van der Waals surface area contributed by atoms with E-state index in [1.54, 1.807) is 0 Å². The molecule has 0 aromatic rings. The first-order valence-electron chi connectivity index (χ1n) is 11.0. The number of carboxylic acid groups (broad SMARTS) is 1. The van der Waals surface area contributed by atoms with Crippen LogP contribution in [0.25, 0.3) is 0 Å². The number of aliphatic carboxylic acids is 1. The van der Waals surface area contributed by atoms with Crippen LogP contribution in [0, 0.1) is 5.92 Å². The summed E-state index contributed by atoms with van der Waals surface area (Å²) in [5, 5.41) is 17.0. The summed E-state index contributed by atoms with van der Waals surface area (Å²) in [7, 11) is 0. The minimum Gasteiger partial charge on any atom is -0.480 e. The Kier molecular flexibility index (Phi) is 16.2. The standard InChI is InChI=1S/C20H39N7O5S2/c1-11(2)9-12(21)16(28)27-15(10-33)18(30)25-13(5-4-7-24-20(22)23)17(29)26-14(19(31)32)6-8-34-3/h11-15,33H,4-10,21H2,1-3H3,(H,25,30)(H,26,29)(H,27,28)(H,31,32)(H4,22,23,24). The Labute approximate surface area is 210 Å². The summed E-state index contributed by atoms with van der Waals surface area (Å²) >= 11 is 5.58. The van der Waals surface area contributed by atoms with E-state index in [0.29, 0.717) is 18.6 Å². The molecule has 0 rings (SSSR count). The Hall–Kier alpha value is -2.19. The SMILES string of the molecule is CSCCC(NC(=O)C(CCCN=C(N)N)NC(=O)C(CS)NC(=O)C(N)CC(C)C)C(=O)O. The number of hydrogen-bond donors (Lipinski definition) is 8. The van der Waals surface area contributed by atoms with Crippen LogP contribution in [0.2, 0.25) is 0 Å². The van der Waals surface area contributed by atoms with Gasteiger partial charge in [0, 0.05) is 12.3 Å². The molecule has 0 heterocycles. The molecule has 14 heteroatoms. The van der Waals surface area contributed by atoms with Crippen molar-refractivity contribution < 1.29 is 24.3 Å². The highest BCUT2D eigenvalue weighted by molar-refractivity contribution is 7.98. The van der Waals surface area contributed by atoms with E-state index >= 15 is 0 Å². The number of thioether (sulfide) groups is 1. The minimum absolute atomic E-state index is 0.0280. The molecule has 0 bridgehead atoms. The van der Waals surface area contributed by atoms with Gasteiger partial charge in [-0.15, -0.1) is 0 Å². The second-order valence-corrected chi connectivity index (χ2v) is 9.52. The first-order valence-corrected chi connectivity index (χ1v) is 13.0. The first kappa shape index (κ1) is 31.8. The third-order valence-electron chi connectivity index (χ3n) is 4.68. The van der Waals surface area contributed by atoms with Crippen molar-refractivity contribution in [2.45, 2.75) is 63.7 Å². The van der Waals surface area contributed by atoms with E-state index in [-0.39, 0.29) is 37.0 Å². The Morgan fingerprint density at radius 1 is 0.971 bits per heavy atom. The maximum absolute atomic E-state index is 12.8. The molecule has 196 valence electrons. The lowest BCUT2D eigenvalue weighted by molar-refractivity contribution is -0.142. The topological polar surface area (TPSA) is 215 Å². The predicted molar refractivity (Wildman–Crippen MR) is 138 cm³/mol. The van der Waals surface area contributed by atoms with E-state index in [1.807, 2.05) is 20.1 Å². The second kappa shape index (κ2) is 17.3. The average molecular weight is 522 g/mol. The average Bonchev–Trinajstić information content (AvgIpc) is 2.75. The molecular formula is C20H39N7O5S2. The number of nitrogens with one attached hydrogen (secondary N) is 3. The molecule has 0 aliphatic heterocycles. The van der Waals surface area contributed by atoms with E-state index in [0.717, 1.165) is 0 Å². The summed E-state index contributed by atoms with van der Waals surface area (Å²) in [6, 6.07) is -4.00. The second-order valence-electron chi connectivity index (χ2n) is 8.17. The molecule has 0 radical (unpaired) electrons. The van der Waals surface area contributed by atoms with Crippen LogP contribution in [-0.4, -0.2) is 83.2 Å². The quantitative estimate of drug-likeness (QED) is 0.0490. The maximum Gasteiger partial charge on any atom is 0.326 e. The van der Waals surface area contributed by atoms with Crippen molar-refractivity contribution in [1.29, 1.82) is 0 Å². The normalized spacial score (nSPS) is 14.4. The molecule has 3 amide bonds. The Morgan fingerprint density at radius 2 is 1.53 bits per heavy atom. The molecule has 0 spiro atoms.